The van der Waals surface area contributed by atoms with Crippen LogP contribution in [0.15, 0.2) is 28.1 Å². The molecule has 0 saturated carbocycles. The molecule has 1 amide bonds. The topological polar surface area (TPSA) is 50.3 Å². The van der Waals surface area contributed by atoms with E-state index in [9.17, 15) is 9.59 Å². The molecule has 6 heteroatoms. The number of amides is 1. The SMILES string of the molecule is Cc1nc(CN2C(=O)C(=O)c3c(Br)cccc32)cs1. The first-order valence-electron chi connectivity index (χ1n) is 5.63. The molecule has 0 saturated heterocycles. The monoisotopic (exact) mass is 336 g/mol. The Bertz CT molecular complexity index is 696. The van der Waals surface area contributed by atoms with Gasteiger partial charge in [0, 0.05) is 9.85 Å². The van der Waals surface area contributed by atoms with Gasteiger partial charge in [0.15, 0.2) is 0 Å². The van der Waals surface area contributed by atoms with E-state index in [-0.39, 0.29) is 0 Å². The maximum absolute atomic E-state index is 12.1. The fourth-order valence-corrected chi connectivity index (χ4v) is 3.24. The van der Waals surface area contributed by atoms with Gasteiger partial charge in [-0.2, -0.15) is 0 Å². The number of carbonyl (C=O) groups is 2. The highest BCUT2D eigenvalue weighted by atomic mass is 79.9. The Morgan fingerprint density at radius 2 is 2.16 bits per heavy atom. The van der Waals surface area contributed by atoms with Crippen molar-refractivity contribution in [3.05, 3.63) is 44.3 Å². The number of ketones is 1. The van der Waals surface area contributed by atoms with E-state index in [0.29, 0.717) is 22.3 Å². The van der Waals surface area contributed by atoms with Gasteiger partial charge in [-0.3, -0.25) is 14.5 Å². The van der Waals surface area contributed by atoms with Gasteiger partial charge < -0.3 is 0 Å². The van der Waals surface area contributed by atoms with Gasteiger partial charge in [-0.05, 0) is 35.0 Å². The molecule has 0 fully saturated rings. The Balaban J connectivity index is 2.02. The molecule has 2 heterocycles. The van der Waals surface area contributed by atoms with Crippen LogP contribution in [0.2, 0.25) is 0 Å². The van der Waals surface area contributed by atoms with Crippen molar-refractivity contribution >= 4 is 44.6 Å². The van der Waals surface area contributed by atoms with Gasteiger partial charge in [-0.25, -0.2) is 4.98 Å². The number of aromatic nitrogens is 1. The van der Waals surface area contributed by atoms with Crippen molar-refractivity contribution in [3.63, 3.8) is 0 Å². The molecule has 96 valence electrons. The molecule has 0 radical (unpaired) electrons. The normalized spacial score (nSPS) is 14.1. The van der Waals surface area contributed by atoms with Gasteiger partial charge in [0.05, 0.1) is 28.5 Å². The summed E-state index contributed by atoms with van der Waals surface area (Å²) in [5, 5.41) is 2.85. The second-order valence-electron chi connectivity index (χ2n) is 4.21. The molecule has 3 rings (SSSR count). The van der Waals surface area contributed by atoms with Crippen molar-refractivity contribution in [2.45, 2.75) is 13.5 Å². The van der Waals surface area contributed by atoms with Crippen LogP contribution in [0, 0.1) is 6.92 Å². The lowest BCUT2D eigenvalue weighted by molar-refractivity contribution is -0.114. The van der Waals surface area contributed by atoms with E-state index in [4.69, 9.17) is 0 Å². The summed E-state index contributed by atoms with van der Waals surface area (Å²) < 4.78 is 0.653. The van der Waals surface area contributed by atoms with Gasteiger partial charge in [0.1, 0.15) is 0 Å². The van der Waals surface area contributed by atoms with Crippen molar-refractivity contribution in [2.75, 3.05) is 4.90 Å². The summed E-state index contributed by atoms with van der Waals surface area (Å²) in [6.07, 6.45) is 0. The zero-order chi connectivity index (χ0) is 13.6. The number of carbonyl (C=O) groups excluding carboxylic acids is 2. The van der Waals surface area contributed by atoms with Crippen LogP contribution in [0.5, 0.6) is 0 Å². The van der Waals surface area contributed by atoms with Crippen LogP contribution >= 0.6 is 27.3 Å². The largest absolute Gasteiger partial charge is 0.299 e. The lowest BCUT2D eigenvalue weighted by Gasteiger charge is -2.14. The van der Waals surface area contributed by atoms with E-state index in [1.54, 1.807) is 12.1 Å². The van der Waals surface area contributed by atoms with Gasteiger partial charge in [-0.1, -0.05) is 6.07 Å². The molecule has 1 aliphatic heterocycles. The Kier molecular flexibility index (Phi) is 2.99. The molecule has 0 spiro atoms. The summed E-state index contributed by atoms with van der Waals surface area (Å²) in [6.45, 7) is 2.24. The third kappa shape index (κ3) is 2.01. The highest BCUT2D eigenvalue weighted by molar-refractivity contribution is 9.10. The Morgan fingerprint density at radius 3 is 2.84 bits per heavy atom. The summed E-state index contributed by atoms with van der Waals surface area (Å²) in [5.41, 5.74) is 1.89. The first kappa shape index (κ1) is 12.5. The average Bonchev–Trinajstić information content (AvgIpc) is 2.88. The molecule has 19 heavy (non-hydrogen) atoms. The second kappa shape index (κ2) is 4.54. The number of aryl methyl sites for hydroxylation is 1. The molecule has 4 nitrogen and oxygen atoms in total. The number of thiazole rings is 1. The summed E-state index contributed by atoms with van der Waals surface area (Å²) >= 11 is 4.85. The number of anilines is 1. The van der Waals surface area contributed by atoms with E-state index in [0.717, 1.165) is 10.7 Å². The first-order chi connectivity index (χ1) is 9.08. The van der Waals surface area contributed by atoms with Crippen molar-refractivity contribution < 1.29 is 9.59 Å². The number of fused-ring (bicyclic) bond motifs is 1. The second-order valence-corrected chi connectivity index (χ2v) is 6.13. The number of hydrogen-bond donors (Lipinski definition) is 0. The predicted octanol–water partition coefficient (Wildman–Crippen LogP) is 2.94. The minimum Gasteiger partial charge on any atom is -0.299 e. The summed E-state index contributed by atoms with van der Waals surface area (Å²) in [5.74, 6) is -0.957. The van der Waals surface area contributed by atoms with E-state index in [1.165, 1.54) is 16.2 Å². The minimum absolute atomic E-state index is 0.332. The molecule has 0 unspecified atom stereocenters. The molecular formula is C13H9BrN2O2S. The molecule has 2 aromatic rings. The fraction of sp³-hybridized carbons (Fsp3) is 0.154. The molecular weight excluding hydrogens is 328 g/mol. The number of rotatable bonds is 2. The molecule has 1 aliphatic rings. The van der Waals surface area contributed by atoms with Crippen molar-refractivity contribution in [1.82, 2.24) is 4.98 Å². The van der Waals surface area contributed by atoms with Gasteiger partial charge in [-0.15, -0.1) is 11.3 Å². The summed E-state index contributed by atoms with van der Waals surface area (Å²) in [6, 6.07) is 5.36. The molecule has 0 aliphatic carbocycles. The van der Waals surface area contributed by atoms with Crippen LogP contribution in [0.1, 0.15) is 21.1 Å². The van der Waals surface area contributed by atoms with Crippen LogP contribution in [-0.2, 0) is 11.3 Å². The Labute approximate surface area is 122 Å². The van der Waals surface area contributed by atoms with Gasteiger partial charge in [0.25, 0.3) is 11.7 Å². The van der Waals surface area contributed by atoms with Crippen molar-refractivity contribution in [1.29, 1.82) is 0 Å². The zero-order valence-corrected chi connectivity index (χ0v) is 12.4. The van der Waals surface area contributed by atoms with Crippen LogP contribution < -0.4 is 4.90 Å². The van der Waals surface area contributed by atoms with E-state index in [2.05, 4.69) is 20.9 Å². The minimum atomic E-state index is -0.493. The maximum Gasteiger partial charge on any atom is 0.299 e. The quantitative estimate of drug-likeness (QED) is 0.792. The van der Waals surface area contributed by atoms with E-state index >= 15 is 0 Å². The predicted molar refractivity (Wildman–Crippen MR) is 76.5 cm³/mol. The van der Waals surface area contributed by atoms with Crippen LogP contribution in [0.3, 0.4) is 0 Å². The standard InChI is InChI=1S/C13H9BrN2O2S/c1-7-15-8(6-19-7)5-16-10-4-2-3-9(14)11(10)12(17)13(16)18/h2-4,6H,5H2,1H3. The molecule has 1 aromatic heterocycles. The third-order valence-corrected chi connectivity index (χ3v) is 4.42. The zero-order valence-electron chi connectivity index (χ0n) is 10.0. The number of Topliss-reactive ketones (excluding diaryl/α,β-unsaturated/α-hetero) is 1. The maximum atomic E-state index is 12.1. The molecule has 0 bridgehead atoms. The smallest absolute Gasteiger partial charge is 0.299 e. The summed E-state index contributed by atoms with van der Waals surface area (Å²) in [7, 11) is 0. The lowest BCUT2D eigenvalue weighted by Crippen LogP contribution is -2.29. The number of nitrogens with zero attached hydrogens (tertiary/aromatic N) is 2. The van der Waals surface area contributed by atoms with E-state index in [1.807, 2.05) is 18.4 Å². The van der Waals surface area contributed by atoms with Crippen LogP contribution in [0.4, 0.5) is 5.69 Å². The van der Waals surface area contributed by atoms with Gasteiger partial charge >= 0.3 is 0 Å². The highest BCUT2D eigenvalue weighted by Crippen LogP contribution is 2.35. The highest BCUT2D eigenvalue weighted by Gasteiger charge is 2.37. The first-order valence-corrected chi connectivity index (χ1v) is 7.31. The molecule has 0 atom stereocenters. The number of halogens is 1. The summed E-state index contributed by atoms with van der Waals surface area (Å²) in [4.78, 5) is 29.9. The Hall–Kier alpha value is -1.53. The number of benzene rings is 1. The third-order valence-electron chi connectivity index (χ3n) is 2.94. The molecule has 1 aromatic carbocycles. The number of hydrogen-bond acceptors (Lipinski definition) is 4. The van der Waals surface area contributed by atoms with Crippen LogP contribution in [0.25, 0.3) is 0 Å². The lowest BCUT2D eigenvalue weighted by atomic mass is 10.1. The fourth-order valence-electron chi connectivity index (χ4n) is 2.10. The van der Waals surface area contributed by atoms with Crippen molar-refractivity contribution in [2.24, 2.45) is 0 Å². The molecule has 0 N–H and O–H groups in total. The van der Waals surface area contributed by atoms with Crippen molar-refractivity contribution in [3.8, 4) is 0 Å². The van der Waals surface area contributed by atoms with E-state index < -0.39 is 11.7 Å². The Morgan fingerprint density at radius 1 is 1.37 bits per heavy atom. The van der Waals surface area contributed by atoms with Crippen LogP contribution in [-0.4, -0.2) is 16.7 Å². The van der Waals surface area contributed by atoms with Gasteiger partial charge in [0.2, 0.25) is 0 Å². The average molecular weight is 337 g/mol.